The van der Waals surface area contributed by atoms with Crippen LogP contribution in [0.4, 0.5) is 57.1 Å². The maximum atomic E-state index is 12.4. The van der Waals surface area contributed by atoms with Gasteiger partial charge in [0.1, 0.15) is 28.9 Å². The summed E-state index contributed by atoms with van der Waals surface area (Å²) < 4.78 is 5.60. The predicted molar refractivity (Wildman–Crippen MR) is 381 cm³/mol. The van der Waals surface area contributed by atoms with Crippen LogP contribution in [0.1, 0.15) is 63.7 Å². The van der Waals surface area contributed by atoms with Crippen LogP contribution in [0.25, 0.3) is 0 Å². The molecule has 0 aliphatic rings. The zero-order valence-electron chi connectivity index (χ0n) is 53.6. The molecule has 0 aliphatic heterocycles. The molecule has 0 bridgehead atoms. The molecule has 4 aromatic carbocycles. The molecule has 21 nitrogen and oxygen atoms in total. The molecule has 97 heavy (non-hydrogen) atoms. The number of aryl methyl sites for hydroxylation is 3. The van der Waals surface area contributed by atoms with Gasteiger partial charge in [0.2, 0.25) is 5.88 Å². The van der Waals surface area contributed by atoms with Gasteiger partial charge in [-0.15, -0.1) is 6.42 Å². The van der Waals surface area contributed by atoms with Crippen molar-refractivity contribution in [2.75, 3.05) is 57.1 Å². The highest BCUT2D eigenvalue weighted by Gasteiger charge is 2.15. The number of aromatic nitrogens is 9. The topological polar surface area (TPSA) is 251 Å². The van der Waals surface area contributed by atoms with Gasteiger partial charge in [0.05, 0.1) is 71.8 Å². The highest BCUT2D eigenvalue weighted by molar-refractivity contribution is 6.30. The monoisotopic (exact) mass is 1300 g/mol. The van der Waals surface area contributed by atoms with E-state index in [4.69, 9.17) is 22.8 Å². The van der Waals surface area contributed by atoms with Crippen LogP contribution in [0, 0.1) is 33.1 Å². The first kappa shape index (κ1) is 68.3. The van der Waals surface area contributed by atoms with Crippen LogP contribution in [-0.2, 0) is 0 Å². The summed E-state index contributed by atoms with van der Waals surface area (Å²) in [5.41, 5.74) is 12.4. The van der Waals surface area contributed by atoms with E-state index < -0.39 is 0 Å². The first-order valence-electron chi connectivity index (χ1n) is 29.9. The number of anilines is 10. The van der Waals surface area contributed by atoms with Crippen LogP contribution in [0.3, 0.4) is 0 Å². The fourth-order valence-electron chi connectivity index (χ4n) is 9.10. The van der Waals surface area contributed by atoms with Gasteiger partial charge in [-0.05, 0) is 136 Å². The second-order valence-electron chi connectivity index (χ2n) is 21.4. The standard InChI is InChI=1S/C20H16N4O.C19H18N4O.C18H16ClN5O.C18H15N3O2/c1-3-15-6-4-7-16(10-15)20(25)23-17-11-19(14-22-12-17)24(2)18-8-5-9-21-13-18;1-14-5-3-6-15(11-14)19(24)22-18-12-16(8-10-21-18)23(2)17-7-4-9-20-13-17;1-12-4-3-5-13(6-12)18(25)23-17-8-14(7-16(19)22-17)24(2)15-9-20-11-21-10-15;1-13-4-2-5-14(10-13)18(22)21-15-7-9-20-17(11-15)23-16-6-3-8-19-12-16/h1,4-14H,2H3,(H,23,25);3-13H,1-2H3,(H,21,22,24);3-11H,1-2H3,(H,22,23,25);2-12H,1H3,(H,20,21,22). The summed E-state index contributed by atoms with van der Waals surface area (Å²) in [7, 11) is 5.71. The van der Waals surface area contributed by atoms with E-state index in [0.717, 1.165) is 50.8 Å². The lowest BCUT2D eigenvalue weighted by atomic mass is 10.1. The van der Waals surface area contributed by atoms with Crippen LogP contribution in [0.2, 0.25) is 5.15 Å². The minimum Gasteiger partial charge on any atom is -0.437 e. The molecule has 0 spiro atoms. The Bertz CT molecular complexity index is 4690. The van der Waals surface area contributed by atoms with Gasteiger partial charge in [-0.2, -0.15) is 0 Å². The number of hydrogen-bond acceptors (Lipinski definition) is 17. The quantitative estimate of drug-likeness (QED) is 0.0518. The first-order chi connectivity index (χ1) is 47.0. The normalized spacial score (nSPS) is 10.2. The average molecular weight is 1310 g/mol. The van der Waals surface area contributed by atoms with Gasteiger partial charge in [0.15, 0.2) is 0 Å². The van der Waals surface area contributed by atoms with E-state index in [1.54, 1.807) is 153 Å². The molecule has 0 unspecified atom stereocenters. The van der Waals surface area contributed by atoms with Crippen LogP contribution >= 0.6 is 11.6 Å². The molecular formula is C75H65ClN16O5. The molecule has 0 saturated carbocycles. The van der Waals surface area contributed by atoms with Crippen molar-refractivity contribution in [1.29, 1.82) is 0 Å². The zero-order chi connectivity index (χ0) is 68.5. The van der Waals surface area contributed by atoms with Crippen molar-refractivity contribution in [2.45, 2.75) is 20.8 Å². The molecule has 8 heterocycles. The fourth-order valence-corrected chi connectivity index (χ4v) is 9.30. The lowest BCUT2D eigenvalue weighted by molar-refractivity contribution is 0.101. The molecule has 22 heteroatoms. The van der Waals surface area contributed by atoms with Crippen molar-refractivity contribution < 1.29 is 23.9 Å². The lowest BCUT2D eigenvalue weighted by Gasteiger charge is -2.19. The van der Waals surface area contributed by atoms with E-state index in [9.17, 15) is 19.2 Å². The Labute approximate surface area is 566 Å². The van der Waals surface area contributed by atoms with Crippen LogP contribution in [0.15, 0.2) is 257 Å². The highest BCUT2D eigenvalue weighted by atomic mass is 35.5. The number of ether oxygens (including phenoxy) is 1. The van der Waals surface area contributed by atoms with Crippen molar-refractivity contribution >= 4 is 92.4 Å². The van der Waals surface area contributed by atoms with Gasteiger partial charge < -0.3 is 40.7 Å². The van der Waals surface area contributed by atoms with Crippen molar-refractivity contribution in [2.24, 2.45) is 0 Å². The lowest BCUT2D eigenvalue weighted by Crippen LogP contribution is -2.15. The first-order valence-corrected chi connectivity index (χ1v) is 30.3. The minimum absolute atomic E-state index is 0.174. The summed E-state index contributed by atoms with van der Waals surface area (Å²) in [6.07, 6.45) is 27.1. The summed E-state index contributed by atoms with van der Waals surface area (Å²) in [4.78, 5) is 92.1. The number of carbonyl (C=O) groups is 4. The second-order valence-corrected chi connectivity index (χ2v) is 21.8. The Morgan fingerprint density at radius 2 is 0.907 bits per heavy atom. The van der Waals surface area contributed by atoms with Crippen LogP contribution in [-0.4, -0.2) is 89.6 Å². The van der Waals surface area contributed by atoms with E-state index in [1.807, 2.05) is 154 Å². The van der Waals surface area contributed by atoms with Crippen molar-refractivity contribution in [3.05, 3.63) is 306 Å². The molecule has 0 radical (unpaired) electrons. The average Bonchev–Trinajstić information content (AvgIpc) is 1.28. The van der Waals surface area contributed by atoms with E-state index in [-0.39, 0.29) is 28.8 Å². The van der Waals surface area contributed by atoms with Gasteiger partial charge in [-0.3, -0.25) is 39.1 Å². The number of nitrogens with zero attached hydrogens (tertiary/aromatic N) is 12. The molecule has 0 saturated heterocycles. The molecule has 4 amide bonds. The van der Waals surface area contributed by atoms with Gasteiger partial charge in [0, 0.05) is 115 Å². The summed E-state index contributed by atoms with van der Waals surface area (Å²) in [6.45, 7) is 5.84. The number of nitrogens with one attached hydrogen (secondary N) is 4. The molecule has 12 rings (SSSR count). The maximum absolute atomic E-state index is 12.4. The SMILES string of the molecule is C#Cc1cccc(C(=O)Nc2cncc(N(C)c3cccnc3)c2)c1.Cc1cccc(C(=O)Nc2cc(N(C)c3cccnc3)ccn2)c1.Cc1cccc(C(=O)Nc2cc(N(C)c3cncnc3)cc(Cl)n2)c1.Cc1cccc(C(=O)Nc2ccnc(Oc3cccnc3)c2)c1. The smallest absolute Gasteiger partial charge is 0.256 e. The third-order valence-corrected chi connectivity index (χ3v) is 14.3. The third kappa shape index (κ3) is 20.5. The second kappa shape index (κ2) is 34.0. The number of benzene rings is 4. The van der Waals surface area contributed by atoms with Crippen LogP contribution < -0.4 is 40.7 Å². The fraction of sp³-hybridized carbons (Fsp3) is 0.0800. The highest BCUT2D eigenvalue weighted by Crippen LogP contribution is 2.29. The number of terminal acetylenes is 1. The summed E-state index contributed by atoms with van der Waals surface area (Å²) in [6, 6.07) is 52.8. The van der Waals surface area contributed by atoms with Crippen LogP contribution in [0.5, 0.6) is 11.6 Å². The van der Waals surface area contributed by atoms with Crippen molar-refractivity contribution in [1.82, 2.24) is 44.9 Å². The zero-order valence-corrected chi connectivity index (χ0v) is 54.4. The molecule has 8 aromatic heterocycles. The molecule has 0 atom stereocenters. The van der Waals surface area contributed by atoms with E-state index in [2.05, 4.69) is 72.0 Å². The number of hydrogen-bond donors (Lipinski definition) is 4. The molecular weight excluding hydrogens is 1240 g/mol. The van der Waals surface area contributed by atoms with E-state index in [1.165, 1.54) is 6.33 Å². The van der Waals surface area contributed by atoms with Crippen molar-refractivity contribution in [3.63, 3.8) is 0 Å². The Balaban J connectivity index is 0.000000152. The number of pyridine rings is 7. The minimum atomic E-state index is -0.241. The molecule has 0 fully saturated rings. The van der Waals surface area contributed by atoms with Crippen molar-refractivity contribution in [3.8, 4) is 24.0 Å². The summed E-state index contributed by atoms with van der Waals surface area (Å²) in [5.74, 6) is 3.56. The molecule has 0 aliphatic carbocycles. The van der Waals surface area contributed by atoms with Gasteiger partial charge in [-0.25, -0.2) is 24.9 Å². The predicted octanol–water partition coefficient (Wildman–Crippen LogP) is 15.0. The Morgan fingerprint density at radius 1 is 0.412 bits per heavy atom. The number of halogens is 1. The van der Waals surface area contributed by atoms with Gasteiger partial charge in [0.25, 0.3) is 23.6 Å². The Kier molecular flexibility index (Phi) is 24.0. The third-order valence-electron chi connectivity index (χ3n) is 14.1. The molecule has 12 aromatic rings. The number of amides is 4. The summed E-state index contributed by atoms with van der Waals surface area (Å²) in [5, 5.41) is 11.6. The summed E-state index contributed by atoms with van der Waals surface area (Å²) >= 11 is 6.12. The Hall–Kier alpha value is -13.1. The maximum Gasteiger partial charge on any atom is 0.256 e. The number of carbonyl (C=O) groups excluding carboxylic acids is 4. The van der Waals surface area contributed by atoms with E-state index in [0.29, 0.717) is 62.5 Å². The largest absolute Gasteiger partial charge is 0.437 e. The number of rotatable bonds is 16. The molecule has 482 valence electrons. The molecule has 4 N–H and O–H groups in total. The van der Waals surface area contributed by atoms with Gasteiger partial charge in [-0.1, -0.05) is 76.7 Å². The van der Waals surface area contributed by atoms with E-state index >= 15 is 0 Å². The van der Waals surface area contributed by atoms with Gasteiger partial charge >= 0.3 is 0 Å². The Morgan fingerprint density at radius 3 is 1.47 bits per heavy atom.